The Labute approximate surface area is 69.4 Å². The van der Waals surface area contributed by atoms with Crippen LogP contribution < -0.4 is 0 Å². The SMILES string of the molecule is CC=CC(O)=C(C)C(C)(C)C. The number of allylic oxidation sites excluding steroid dienone is 3. The third kappa shape index (κ3) is 3.26. The van der Waals surface area contributed by atoms with Crippen molar-refractivity contribution in [2.45, 2.75) is 34.6 Å². The summed E-state index contributed by atoms with van der Waals surface area (Å²) in [5, 5.41) is 9.45. The van der Waals surface area contributed by atoms with E-state index in [1.54, 1.807) is 6.08 Å². The second kappa shape index (κ2) is 3.61. The predicted molar refractivity (Wildman–Crippen MR) is 49.6 cm³/mol. The Balaban J connectivity index is 4.67. The molecule has 0 aromatic rings. The fourth-order valence-corrected chi connectivity index (χ4v) is 0.667. The average Bonchev–Trinajstić information content (AvgIpc) is 1.85. The van der Waals surface area contributed by atoms with Crippen LogP contribution in [0.15, 0.2) is 23.5 Å². The zero-order chi connectivity index (χ0) is 9.07. The summed E-state index contributed by atoms with van der Waals surface area (Å²) in [7, 11) is 0. The first kappa shape index (κ1) is 10.3. The first-order valence-corrected chi connectivity index (χ1v) is 3.92. The second-order valence-corrected chi connectivity index (χ2v) is 3.76. The van der Waals surface area contributed by atoms with Crippen LogP contribution in [-0.4, -0.2) is 5.11 Å². The topological polar surface area (TPSA) is 20.2 Å². The molecule has 1 heteroatoms. The number of aliphatic hydroxyl groups excluding tert-OH is 1. The number of hydrogen-bond acceptors (Lipinski definition) is 1. The third-order valence-corrected chi connectivity index (χ3v) is 1.83. The van der Waals surface area contributed by atoms with Gasteiger partial charge in [0.05, 0.1) is 0 Å². The Morgan fingerprint density at radius 2 is 1.73 bits per heavy atom. The lowest BCUT2D eigenvalue weighted by Crippen LogP contribution is -2.08. The minimum Gasteiger partial charge on any atom is -0.508 e. The zero-order valence-corrected chi connectivity index (χ0v) is 8.10. The fourth-order valence-electron chi connectivity index (χ4n) is 0.667. The standard InChI is InChI=1S/C10H18O/c1-6-7-9(11)8(2)10(3,4)5/h6-7,11H,1-5H3. The lowest BCUT2D eigenvalue weighted by atomic mass is 9.87. The molecule has 0 unspecified atom stereocenters. The van der Waals surface area contributed by atoms with E-state index in [-0.39, 0.29) is 5.41 Å². The molecule has 0 saturated heterocycles. The van der Waals surface area contributed by atoms with Gasteiger partial charge in [-0.2, -0.15) is 0 Å². The minimum absolute atomic E-state index is 0.0591. The minimum atomic E-state index is 0.0591. The van der Waals surface area contributed by atoms with E-state index in [1.807, 2.05) is 19.9 Å². The maximum absolute atomic E-state index is 9.45. The van der Waals surface area contributed by atoms with E-state index in [9.17, 15) is 5.11 Å². The van der Waals surface area contributed by atoms with E-state index in [2.05, 4.69) is 20.8 Å². The molecule has 11 heavy (non-hydrogen) atoms. The van der Waals surface area contributed by atoms with Gasteiger partial charge in [-0.1, -0.05) is 26.8 Å². The summed E-state index contributed by atoms with van der Waals surface area (Å²) in [6.45, 7) is 10.1. The van der Waals surface area contributed by atoms with Gasteiger partial charge in [0, 0.05) is 0 Å². The molecule has 0 aromatic heterocycles. The van der Waals surface area contributed by atoms with Crippen LogP contribution in [0.1, 0.15) is 34.6 Å². The lowest BCUT2D eigenvalue weighted by Gasteiger charge is -2.19. The van der Waals surface area contributed by atoms with Gasteiger partial charge in [-0.25, -0.2) is 0 Å². The van der Waals surface area contributed by atoms with Crippen LogP contribution >= 0.6 is 0 Å². The molecule has 64 valence electrons. The van der Waals surface area contributed by atoms with Gasteiger partial charge in [-0.15, -0.1) is 0 Å². The Hall–Kier alpha value is -0.720. The van der Waals surface area contributed by atoms with E-state index < -0.39 is 0 Å². The highest BCUT2D eigenvalue weighted by molar-refractivity contribution is 5.21. The van der Waals surface area contributed by atoms with Crippen molar-refractivity contribution in [1.29, 1.82) is 0 Å². The molecule has 1 N–H and O–H groups in total. The Morgan fingerprint density at radius 1 is 1.27 bits per heavy atom. The molecule has 0 amide bonds. The highest BCUT2D eigenvalue weighted by atomic mass is 16.3. The van der Waals surface area contributed by atoms with Crippen LogP contribution in [0.25, 0.3) is 0 Å². The summed E-state index contributed by atoms with van der Waals surface area (Å²) in [5.41, 5.74) is 1.08. The van der Waals surface area contributed by atoms with E-state index in [4.69, 9.17) is 0 Å². The highest BCUT2D eigenvalue weighted by Crippen LogP contribution is 2.26. The van der Waals surface area contributed by atoms with Gasteiger partial charge in [0.15, 0.2) is 0 Å². The Kier molecular flexibility index (Phi) is 3.37. The number of hydrogen-bond donors (Lipinski definition) is 1. The molecule has 0 rings (SSSR count). The van der Waals surface area contributed by atoms with Crippen molar-refractivity contribution in [2.75, 3.05) is 0 Å². The zero-order valence-electron chi connectivity index (χ0n) is 8.10. The van der Waals surface area contributed by atoms with Crippen LogP contribution in [0.5, 0.6) is 0 Å². The first-order chi connectivity index (χ1) is 4.89. The van der Waals surface area contributed by atoms with Gasteiger partial charge in [0.2, 0.25) is 0 Å². The number of rotatable bonds is 1. The van der Waals surface area contributed by atoms with Crippen molar-refractivity contribution in [1.82, 2.24) is 0 Å². The number of aliphatic hydroxyl groups is 1. The summed E-state index contributed by atoms with van der Waals surface area (Å²) in [4.78, 5) is 0. The normalized spacial score (nSPS) is 15.4. The monoisotopic (exact) mass is 154 g/mol. The van der Waals surface area contributed by atoms with E-state index in [0.29, 0.717) is 5.76 Å². The van der Waals surface area contributed by atoms with Gasteiger partial charge in [-0.05, 0) is 30.9 Å². The maximum Gasteiger partial charge on any atom is 0.114 e. The molecule has 0 aromatic carbocycles. The van der Waals surface area contributed by atoms with Gasteiger partial charge in [0.25, 0.3) is 0 Å². The fraction of sp³-hybridized carbons (Fsp3) is 0.600. The van der Waals surface area contributed by atoms with Crippen LogP contribution in [0.4, 0.5) is 0 Å². The molecule has 1 nitrogen and oxygen atoms in total. The molecule has 0 aliphatic heterocycles. The summed E-state index contributed by atoms with van der Waals surface area (Å²) in [5.74, 6) is 0.389. The molecule has 0 aliphatic rings. The van der Waals surface area contributed by atoms with Crippen molar-refractivity contribution >= 4 is 0 Å². The van der Waals surface area contributed by atoms with Crippen LogP contribution in [-0.2, 0) is 0 Å². The van der Waals surface area contributed by atoms with Crippen LogP contribution in [0.3, 0.4) is 0 Å². The molecule has 0 fully saturated rings. The Bertz CT molecular complexity index is 180. The van der Waals surface area contributed by atoms with E-state index in [0.717, 1.165) is 5.57 Å². The van der Waals surface area contributed by atoms with Gasteiger partial charge < -0.3 is 5.11 Å². The van der Waals surface area contributed by atoms with E-state index in [1.165, 1.54) is 0 Å². The molecular formula is C10H18O. The average molecular weight is 154 g/mol. The van der Waals surface area contributed by atoms with Crippen molar-refractivity contribution in [3.63, 3.8) is 0 Å². The molecule has 0 heterocycles. The molecule has 0 bridgehead atoms. The smallest absolute Gasteiger partial charge is 0.114 e. The molecule has 0 atom stereocenters. The molecule has 0 saturated carbocycles. The van der Waals surface area contributed by atoms with Gasteiger partial charge in [-0.3, -0.25) is 0 Å². The predicted octanol–water partition coefficient (Wildman–Crippen LogP) is 3.44. The van der Waals surface area contributed by atoms with Crippen LogP contribution in [0, 0.1) is 5.41 Å². The lowest BCUT2D eigenvalue weighted by molar-refractivity contribution is 0.391. The molecule has 0 radical (unpaired) electrons. The largest absolute Gasteiger partial charge is 0.508 e. The summed E-state index contributed by atoms with van der Waals surface area (Å²) in [6.07, 6.45) is 3.56. The summed E-state index contributed by atoms with van der Waals surface area (Å²) >= 11 is 0. The van der Waals surface area contributed by atoms with Crippen molar-refractivity contribution in [2.24, 2.45) is 5.41 Å². The third-order valence-electron chi connectivity index (χ3n) is 1.83. The van der Waals surface area contributed by atoms with Crippen molar-refractivity contribution in [3.8, 4) is 0 Å². The molecule has 0 aliphatic carbocycles. The van der Waals surface area contributed by atoms with Gasteiger partial charge >= 0.3 is 0 Å². The molecule has 0 spiro atoms. The summed E-state index contributed by atoms with van der Waals surface area (Å²) < 4.78 is 0. The van der Waals surface area contributed by atoms with Gasteiger partial charge in [0.1, 0.15) is 5.76 Å². The molecular weight excluding hydrogens is 136 g/mol. The van der Waals surface area contributed by atoms with Crippen molar-refractivity contribution < 1.29 is 5.11 Å². The van der Waals surface area contributed by atoms with Crippen LogP contribution in [0.2, 0.25) is 0 Å². The highest BCUT2D eigenvalue weighted by Gasteiger charge is 2.15. The van der Waals surface area contributed by atoms with E-state index >= 15 is 0 Å². The Morgan fingerprint density at radius 3 is 2.00 bits per heavy atom. The first-order valence-electron chi connectivity index (χ1n) is 3.92. The maximum atomic E-state index is 9.45. The quantitative estimate of drug-likeness (QED) is 0.453. The second-order valence-electron chi connectivity index (χ2n) is 3.76. The summed E-state index contributed by atoms with van der Waals surface area (Å²) in [6, 6.07) is 0. The van der Waals surface area contributed by atoms with Crippen molar-refractivity contribution in [3.05, 3.63) is 23.5 Å².